The van der Waals surface area contributed by atoms with Crippen LogP contribution in [0.5, 0.6) is 0 Å². The molecule has 0 atom stereocenters. The van der Waals surface area contributed by atoms with Crippen molar-refractivity contribution in [1.29, 1.82) is 0 Å². The molecule has 0 aliphatic heterocycles. The van der Waals surface area contributed by atoms with Gasteiger partial charge in [-0.3, -0.25) is 4.90 Å². The van der Waals surface area contributed by atoms with Gasteiger partial charge in [0.1, 0.15) is 0 Å². The zero-order chi connectivity index (χ0) is 15.0. The Hall–Kier alpha value is -0.900. The van der Waals surface area contributed by atoms with Gasteiger partial charge in [0.15, 0.2) is 0 Å². The highest BCUT2D eigenvalue weighted by atomic mass is 16.5. The third-order valence-corrected chi connectivity index (χ3v) is 3.46. The third kappa shape index (κ3) is 6.04. The lowest BCUT2D eigenvalue weighted by atomic mass is 10.1. The maximum Gasteiger partial charge on any atom is 0.0717 e. The first-order valence-corrected chi connectivity index (χ1v) is 7.60. The molecule has 20 heavy (non-hydrogen) atoms. The van der Waals surface area contributed by atoms with Gasteiger partial charge in [0.25, 0.3) is 0 Å². The van der Waals surface area contributed by atoms with Gasteiger partial charge in [-0.1, -0.05) is 24.3 Å². The molecular weight excluding hydrogens is 248 g/mol. The van der Waals surface area contributed by atoms with Crippen molar-refractivity contribution in [1.82, 2.24) is 10.2 Å². The average Bonchev–Trinajstić information content (AvgIpc) is 2.38. The summed E-state index contributed by atoms with van der Waals surface area (Å²) >= 11 is 0. The van der Waals surface area contributed by atoms with Gasteiger partial charge >= 0.3 is 0 Å². The Labute approximate surface area is 124 Å². The van der Waals surface area contributed by atoms with Gasteiger partial charge in [-0.05, 0) is 45.9 Å². The van der Waals surface area contributed by atoms with E-state index < -0.39 is 0 Å². The van der Waals surface area contributed by atoms with E-state index >= 15 is 0 Å². The van der Waals surface area contributed by atoms with Crippen molar-refractivity contribution < 1.29 is 4.74 Å². The quantitative estimate of drug-likeness (QED) is 0.703. The minimum absolute atomic E-state index is 0.567. The maximum atomic E-state index is 5.82. The summed E-state index contributed by atoms with van der Waals surface area (Å²) < 4.78 is 5.82. The number of nitrogens with one attached hydrogen (secondary N) is 1. The van der Waals surface area contributed by atoms with Gasteiger partial charge in [0, 0.05) is 25.2 Å². The molecule has 0 amide bonds. The van der Waals surface area contributed by atoms with Crippen LogP contribution in [0.3, 0.4) is 0 Å². The molecule has 0 radical (unpaired) electrons. The van der Waals surface area contributed by atoms with E-state index in [1.165, 1.54) is 11.1 Å². The zero-order valence-corrected chi connectivity index (χ0v) is 13.6. The standard InChI is InChI=1S/C17H30N2O/c1-14(2)19(15(3)4)9-10-20-13-17-8-6-7-16(11-17)12-18-5/h6-8,11,14-15,18H,9-10,12-13H2,1-5H3. The molecule has 1 aromatic carbocycles. The Bertz CT molecular complexity index is 369. The molecule has 0 spiro atoms. The topological polar surface area (TPSA) is 24.5 Å². The molecule has 0 aliphatic carbocycles. The van der Waals surface area contributed by atoms with Gasteiger partial charge in [0.05, 0.1) is 13.2 Å². The summed E-state index contributed by atoms with van der Waals surface area (Å²) in [5, 5.41) is 3.17. The Morgan fingerprint density at radius 1 is 1.10 bits per heavy atom. The number of benzene rings is 1. The molecule has 114 valence electrons. The lowest BCUT2D eigenvalue weighted by molar-refractivity contribution is 0.0699. The number of hydrogen-bond acceptors (Lipinski definition) is 3. The number of rotatable bonds is 9. The van der Waals surface area contributed by atoms with Crippen molar-refractivity contribution >= 4 is 0 Å². The molecule has 0 saturated carbocycles. The van der Waals surface area contributed by atoms with E-state index in [4.69, 9.17) is 4.74 Å². The molecule has 1 aromatic rings. The highest BCUT2D eigenvalue weighted by Crippen LogP contribution is 2.08. The van der Waals surface area contributed by atoms with Crippen LogP contribution in [0.25, 0.3) is 0 Å². The molecule has 0 aliphatic rings. The van der Waals surface area contributed by atoms with Crippen molar-refractivity contribution in [3.05, 3.63) is 35.4 Å². The lowest BCUT2D eigenvalue weighted by Gasteiger charge is -2.30. The van der Waals surface area contributed by atoms with E-state index in [1.54, 1.807) is 0 Å². The molecule has 1 rings (SSSR count). The van der Waals surface area contributed by atoms with E-state index in [9.17, 15) is 0 Å². The van der Waals surface area contributed by atoms with Crippen LogP contribution in [0.2, 0.25) is 0 Å². The molecule has 0 bridgehead atoms. The van der Waals surface area contributed by atoms with Crippen molar-refractivity contribution in [2.45, 2.75) is 52.9 Å². The largest absolute Gasteiger partial charge is 0.375 e. The van der Waals surface area contributed by atoms with E-state index in [1.807, 2.05) is 7.05 Å². The van der Waals surface area contributed by atoms with Crippen LogP contribution in [0, 0.1) is 0 Å². The molecule has 3 heteroatoms. The molecule has 3 nitrogen and oxygen atoms in total. The van der Waals surface area contributed by atoms with Crippen LogP contribution in [-0.2, 0) is 17.9 Å². The molecule has 1 N–H and O–H groups in total. The van der Waals surface area contributed by atoms with Crippen molar-refractivity contribution in [2.24, 2.45) is 0 Å². The van der Waals surface area contributed by atoms with E-state index in [2.05, 4.69) is 62.2 Å². The minimum Gasteiger partial charge on any atom is -0.375 e. The first-order valence-electron chi connectivity index (χ1n) is 7.60. The SMILES string of the molecule is CNCc1cccc(COCCN(C(C)C)C(C)C)c1. The predicted molar refractivity (Wildman–Crippen MR) is 85.8 cm³/mol. The average molecular weight is 278 g/mol. The Morgan fingerprint density at radius 2 is 1.75 bits per heavy atom. The second-order valence-corrected chi connectivity index (χ2v) is 5.83. The maximum absolute atomic E-state index is 5.82. The molecule has 0 aromatic heterocycles. The van der Waals surface area contributed by atoms with Gasteiger partial charge in [-0.15, -0.1) is 0 Å². The van der Waals surface area contributed by atoms with Crippen LogP contribution < -0.4 is 5.32 Å². The number of nitrogens with zero attached hydrogens (tertiary/aromatic N) is 1. The fourth-order valence-corrected chi connectivity index (χ4v) is 2.51. The zero-order valence-electron chi connectivity index (χ0n) is 13.6. The summed E-state index contributed by atoms with van der Waals surface area (Å²) in [4.78, 5) is 2.46. The lowest BCUT2D eigenvalue weighted by Crippen LogP contribution is -2.39. The highest BCUT2D eigenvalue weighted by molar-refractivity contribution is 5.22. The monoisotopic (exact) mass is 278 g/mol. The summed E-state index contributed by atoms with van der Waals surface area (Å²) in [5.74, 6) is 0. The Balaban J connectivity index is 2.35. The third-order valence-electron chi connectivity index (χ3n) is 3.46. The van der Waals surface area contributed by atoms with E-state index in [-0.39, 0.29) is 0 Å². The second kappa shape index (κ2) is 9.11. The van der Waals surface area contributed by atoms with Crippen LogP contribution in [0.15, 0.2) is 24.3 Å². The predicted octanol–water partition coefficient (Wildman–Crippen LogP) is 3.04. The van der Waals surface area contributed by atoms with E-state index in [0.717, 1.165) is 19.7 Å². The highest BCUT2D eigenvalue weighted by Gasteiger charge is 2.12. The van der Waals surface area contributed by atoms with Gasteiger partial charge in [0.2, 0.25) is 0 Å². The summed E-state index contributed by atoms with van der Waals surface area (Å²) in [6, 6.07) is 9.70. The van der Waals surface area contributed by atoms with Crippen molar-refractivity contribution in [2.75, 3.05) is 20.2 Å². The minimum atomic E-state index is 0.567. The van der Waals surface area contributed by atoms with Crippen LogP contribution in [-0.4, -0.2) is 37.2 Å². The molecule has 0 saturated heterocycles. The van der Waals surface area contributed by atoms with Crippen LogP contribution >= 0.6 is 0 Å². The summed E-state index contributed by atoms with van der Waals surface area (Å²) in [5.41, 5.74) is 2.55. The molecule has 0 unspecified atom stereocenters. The fourth-order valence-electron chi connectivity index (χ4n) is 2.51. The summed E-state index contributed by atoms with van der Waals surface area (Å²) in [6.07, 6.45) is 0. The first kappa shape index (κ1) is 17.2. The number of hydrogen-bond donors (Lipinski definition) is 1. The van der Waals surface area contributed by atoms with Gasteiger partial charge in [-0.25, -0.2) is 0 Å². The Kier molecular flexibility index (Phi) is 7.82. The van der Waals surface area contributed by atoms with Gasteiger partial charge in [-0.2, -0.15) is 0 Å². The van der Waals surface area contributed by atoms with Gasteiger partial charge < -0.3 is 10.1 Å². The van der Waals surface area contributed by atoms with Crippen molar-refractivity contribution in [3.63, 3.8) is 0 Å². The van der Waals surface area contributed by atoms with Crippen LogP contribution in [0.1, 0.15) is 38.8 Å². The normalized spacial score (nSPS) is 11.8. The number of ether oxygens (including phenoxy) is 1. The summed E-state index contributed by atoms with van der Waals surface area (Å²) in [6.45, 7) is 12.3. The Morgan fingerprint density at radius 3 is 2.35 bits per heavy atom. The molecule has 0 heterocycles. The fraction of sp³-hybridized carbons (Fsp3) is 0.647. The van der Waals surface area contributed by atoms with E-state index in [0.29, 0.717) is 18.7 Å². The molecular formula is C17H30N2O. The molecule has 0 fully saturated rings. The van der Waals surface area contributed by atoms with Crippen molar-refractivity contribution in [3.8, 4) is 0 Å². The smallest absolute Gasteiger partial charge is 0.0717 e. The second-order valence-electron chi connectivity index (χ2n) is 5.83. The first-order chi connectivity index (χ1) is 9.54. The summed E-state index contributed by atoms with van der Waals surface area (Å²) in [7, 11) is 1.97. The van der Waals surface area contributed by atoms with Crippen LogP contribution in [0.4, 0.5) is 0 Å².